The topological polar surface area (TPSA) is 93.3 Å². The number of furan rings is 1. The molecule has 172 valence electrons. The lowest BCUT2D eigenvalue weighted by Gasteiger charge is -2.30. The number of nitrogens with zero attached hydrogens (tertiary/aromatic N) is 4. The Morgan fingerprint density at radius 3 is 2.73 bits per heavy atom. The molecule has 0 aliphatic rings. The van der Waals surface area contributed by atoms with Crippen molar-refractivity contribution in [3.63, 3.8) is 0 Å². The lowest BCUT2D eigenvalue weighted by atomic mass is 10.1. The SMILES string of the molecule is CC(C)CCNC(=O)[C@@H](c1cccs1)N(Cc1ccco1)C(=O)Cn1nnc2ccccc21. The van der Waals surface area contributed by atoms with Gasteiger partial charge in [0.05, 0.1) is 18.3 Å². The van der Waals surface area contributed by atoms with Crippen molar-refractivity contribution in [1.82, 2.24) is 25.2 Å². The van der Waals surface area contributed by atoms with E-state index in [9.17, 15) is 9.59 Å². The van der Waals surface area contributed by atoms with Gasteiger partial charge in [-0.3, -0.25) is 9.59 Å². The van der Waals surface area contributed by atoms with E-state index in [0.29, 0.717) is 23.7 Å². The number of rotatable bonds is 10. The van der Waals surface area contributed by atoms with Crippen LogP contribution >= 0.6 is 11.3 Å². The van der Waals surface area contributed by atoms with Crippen LogP contribution in [0.15, 0.2) is 64.6 Å². The van der Waals surface area contributed by atoms with Crippen LogP contribution in [-0.2, 0) is 22.7 Å². The van der Waals surface area contributed by atoms with Crippen molar-refractivity contribution in [1.29, 1.82) is 0 Å². The number of carbonyl (C=O) groups excluding carboxylic acids is 2. The first-order chi connectivity index (χ1) is 16.0. The Balaban J connectivity index is 1.64. The number of hydrogen-bond donors (Lipinski definition) is 1. The highest BCUT2D eigenvalue weighted by atomic mass is 32.1. The number of amides is 2. The Morgan fingerprint density at radius 1 is 1.15 bits per heavy atom. The summed E-state index contributed by atoms with van der Waals surface area (Å²) in [6.07, 6.45) is 2.42. The molecule has 9 heteroatoms. The first-order valence-corrected chi connectivity index (χ1v) is 11.8. The second-order valence-electron chi connectivity index (χ2n) is 8.23. The molecule has 3 aromatic heterocycles. The number of aromatic nitrogens is 3. The third-order valence-electron chi connectivity index (χ3n) is 5.33. The zero-order chi connectivity index (χ0) is 23.2. The lowest BCUT2D eigenvalue weighted by Crippen LogP contribution is -2.44. The first kappa shape index (κ1) is 22.7. The molecule has 0 fully saturated rings. The van der Waals surface area contributed by atoms with Gasteiger partial charge in [-0.25, -0.2) is 4.68 Å². The van der Waals surface area contributed by atoms with Gasteiger partial charge in [-0.05, 0) is 48.1 Å². The summed E-state index contributed by atoms with van der Waals surface area (Å²) in [7, 11) is 0. The van der Waals surface area contributed by atoms with Crippen LogP contribution in [0, 0.1) is 5.92 Å². The zero-order valence-electron chi connectivity index (χ0n) is 18.7. The number of carbonyl (C=O) groups is 2. The fourth-order valence-corrected chi connectivity index (χ4v) is 4.43. The van der Waals surface area contributed by atoms with Crippen molar-refractivity contribution in [2.45, 2.75) is 39.4 Å². The Kier molecular flexibility index (Phi) is 7.19. The highest BCUT2D eigenvalue weighted by molar-refractivity contribution is 7.10. The summed E-state index contributed by atoms with van der Waals surface area (Å²) in [5.74, 6) is 0.608. The van der Waals surface area contributed by atoms with Crippen molar-refractivity contribution in [2.75, 3.05) is 6.54 Å². The van der Waals surface area contributed by atoms with Gasteiger partial charge >= 0.3 is 0 Å². The number of benzene rings is 1. The van der Waals surface area contributed by atoms with Gasteiger partial charge in [-0.2, -0.15) is 0 Å². The summed E-state index contributed by atoms with van der Waals surface area (Å²) in [4.78, 5) is 29.3. The van der Waals surface area contributed by atoms with Gasteiger partial charge in [0.2, 0.25) is 11.8 Å². The Hall–Kier alpha value is -3.46. The monoisotopic (exact) mass is 465 g/mol. The summed E-state index contributed by atoms with van der Waals surface area (Å²) >= 11 is 1.45. The molecule has 3 heterocycles. The molecule has 0 bridgehead atoms. The van der Waals surface area contributed by atoms with Crippen LogP contribution in [0.5, 0.6) is 0 Å². The maximum atomic E-state index is 13.6. The molecule has 0 aliphatic carbocycles. The third-order valence-corrected chi connectivity index (χ3v) is 6.25. The van der Waals surface area contributed by atoms with E-state index in [4.69, 9.17) is 4.42 Å². The summed E-state index contributed by atoms with van der Waals surface area (Å²) in [5.41, 5.74) is 1.47. The smallest absolute Gasteiger partial charge is 0.248 e. The maximum absolute atomic E-state index is 13.6. The second kappa shape index (κ2) is 10.4. The minimum Gasteiger partial charge on any atom is -0.467 e. The molecule has 0 saturated heterocycles. The third kappa shape index (κ3) is 5.48. The fraction of sp³-hybridized carbons (Fsp3) is 0.333. The highest BCUT2D eigenvalue weighted by Gasteiger charge is 2.33. The van der Waals surface area contributed by atoms with Crippen LogP contribution in [0.4, 0.5) is 0 Å². The first-order valence-electron chi connectivity index (χ1n) is 10.9. The standard InChI is InChI=1S/C24H27N5O3S/c1-17(2)11-12-25-24(31)23(21-10-6-14-33-21)28(15-18-7-5-13-32-18)22(30)16-29-20-9-4-3-8-19(20)26-27-29/h3-10,13-14,17,23H,11-12,15-16H2,1-2H3,(H,25,31)/t23-/m1/s1. The van der Waals surface area contributed by atoms with Gasteiger partial charge in [-0.15, -0.1) is 16.4 Å². The van der Waals surface area contributed by atoms with E-state index in [1.165, 1.54) is 11.3 Å². The minimum atomic E-state index is -0.774. The van der Waals surface area contributed by atoms with E-state index >= 15 is 0 Å². The molecule has 1 aromatic carbocycles. The highest BCUT2D eigenvalue weighted by Crippen LogP contribution is 2.28. The van der Waals surface area contributed by atoms with Crippen LogP contribution < -0.4 is 5.32 Å². The average Bonchev–Trinajstić information content (AvgIpc) is 3.56. The molecule has 1 N–H and O–H groups in total. The summed E-state index contributed by atoms with van der Waals surface area (Å²) in [6.45, 7) is 4.89. The number of para-hydroxylation sites is 1. The quantitative estimate of drug-likeness (QED) is 0.382. The summed E-state index contributed by atoms with van der Waals surface area (Å²) in [6, 6.07) is 14.0. The minimum absolute atomic E-state index is 0.0393. The Labute approximate surface area is 196 Å². The molecule has 0 radical (unpaired) electrons. The number of thiophene rings is 1. The average molecular weight is 466 g/mol. The van der Waals surface area contributed by atoms with Crippen molar-refractivity contribution < 1.29 is 14.0 Å². The molecule has 1 atom stereocenters. The Bertz CT molecular complexity index is 1180. The molecule has 2 amide bonds. The molecular weight excluding hydrogens is 438 g/mol. The molecule has 33 heavy (non-hydrogen) atoms. The summed E-state index contributed by atoms with van der Waals surface area (Å²) in [5, 5.41) is 13.2. The molecule has 4 rings (SSSR count). The van der Waals surface area contributed by atoms with Gasteiger partial charge in [0.1, 0.15) is 23.9 Å². The van der Waals surface area contributed by atoms with Gasteiger partial charge < -0.3 is 14.6 Å². The van der Waals surface area contributed by atoms with E-state index in [1.807, 2.05) is 41.8 Å². The van der Waals surface area contributed by atoms with Crippen LogP contribution in [-0.4, -0.2) is 38.3 Å². The normalized spacial score (nSPS) is 12.2. The summed E-state index contributed by atoms with van der Waals surface area (Å²) < 4.78 is 7.09. The number of nitrogens with one attached hydrogen (secondary N) is 1. The zero-order valence-corrected chi connectivity index (χ0v) is 19.5. The van der Waals surface area contributed by atoms with Crippen molar-refractivity contribution in [2.24, 2.45) is 5.92 Å². The number of fused-ring (bicyclic) bond motifs is 1. The molecular formula is C24H27N5O3S. The van der Waals surface area contributed by atoms with E-state index < -0.39 is 6.04 Å². The Morgan fingerprint density at radius 2 is 2.00 bits per heavy atom. The van der Waals surface area contributed by atoms with Gasteiger partial charge in [-0.1, -0.05) is 37.3 Å². The van der Waals surface area contributed by atoms with Gasteiger partial charge in [0.15, 0.2) is 0 Å². The van der Waals surface area contributed by atoms with Gasteiger partial charge in [0, 0.05) is 11.4 Å². The molecule has 0 spiro atoms. The molecule has 0 saturated carbocycles. The predicted molar refractivity (Wildman–Crippen MR) is 126 cm³/mol. The molecule has 4 aromatic rings. The largest absolute Gasteiger partial charge is 0.467 e. The van der Waals surface area contributed by atoms with E-state index in [-0.39, 0.29) is 24.9 Å². The van der Waals surface area contributed by atoms with Crippen LogP contribution in [0.1, 0.15) is 36.9 Å². The molecule has 8 nitrogen and oxygen atoms in total. The van der Waals surface area contributed by atoms with Crippen molar-refractivity contribution in [3.8, 4) is 0 Å². The predicted octanol–water partition coefficient (Wildman–Crippen LogP) is 4.02. The van der Waals surface area contributed by atoms with E-state index in [1.54, 1.807) is 28.0 Å². The van der Waals surface area contributed by atoms with Crippen molar-refractivity contribution >= 4 is 34.2 Å². The van der Waals surface area contributed by atoms with E-state index in [0.717, 1.165) is 16.8 Å². The van der Waals surface area contributed by atoms with Gasteiger partial charge in [0.25, 0.3) is 0 Å². The van der Waals surface area contributed by atoms with Crippen molar-refractivity contribution in [3.05, 3.63) is 70.8 Å². The van der Waals surface area contributed by atoms with Crippen LogP contribution in [0.2, 0.25) is 0 Å². The molecule has 0 aliphatic heterocycles. The second-order valence-corrected chi connectivity index (χ2v) is 9.21. The van der Waals surface area contributed by atoms with Crippen LogP contribution in [0.25, 0.3) is 11.0 Å². The number of hydrogen-bond acceptors (Lipinski definition) is 6. The molecule has 0 unspecified atom stereocenters. The fourth-order valence-electron chi connectivity index (χ4n) is 3.60. The van der Waals surface area contributed by atoms with E-state index in [2.05, 4.69) is 29.5 Å². The lowest BCUT2D eigenvalue weighted by molar-refractivity contribution is -0.142. The maximum Gasteiger partial charge on any atom is 0.248 e. The van der Waals surface area contributed by atoms with Crippen LogP contribution in [0.3, 0.4) is 0 Å².